The quantitative estimate of drug-likeness (QED) is 0.356. The Labute approximate surface area is 214 Å². The molecule has 9 nitrogen and oxygen atoms in total. The predicted molar refractivity (Wildman–Crippen MR) is 138 cm³/mol. The Morgan fingerprint density at radius 1 is 1.08 bits per heavy atom. The molecule has 2 unspecified atom stereocenters. The van der Waals surface area contributed by atoms with Crippen LogP contribution in [0.1, 0.15) is 90.3 Å². The predicted octanol–water partition coefficient (Wildman–Crippen LogP) is 3.36. The van der Waals surface area contributed by atoms with E-state index in [2.05, 4.69) is 17.6 Å². The molecule has 1 aromatic rings. The Bertz CT molecular complexity index is 906. The highest BCUT2D eigenvalue weighted by Crippen LogP contribution is 2.36. The van der Waals surface area contributed by atoms with Gasteiger partial charge in [0.05, 0.1) is 6.42 Å². The van der Waals surface area contributed by atoms with Gasteiger partial charge in [-0.25, -0.2) is 4.79 Å². The number of aryl methyl sites for hydroxylation is 1. The van der Waals surface area contributed by atoms with E-state index in [1.165, 1.54) is 4.90 Å². The first-order valence-electron chi connectivity index (χ1n) is 12.9. The minimum Gasteiger partial charge on any atom is -0.444 e. The largest absolute Gasteiger partial charge is 0.444 e. The standard InChI is InChI=1S/C27H42N4O5/c1-6-8-9-16-29-24(33)23(19-12-10-18(7-2)11-13-19)31(20-14-15-20)25(34)21(17-22(28)32)30-26(35)36-27(3,4)5/h10-13,20-21,23H,6-9,14-17H2,1-5H3,(H2,28,32)(H,29,33)(H,30,35). The van der Waals surface area contributed by atoms with E-state index in [1.54, 1.807) is 20.8 Å². The van der Waals surface area contributed by atoms with E-state index in [0.29, 0.717) is 12.1 Å². The average Bonchev–Trinajstić information content (AvgIpc) is 3.63. The molecular weight excluding hydrogens is 460 g/mol. The summed E-state index contributed by atoms with van der Waals surface area (Å²) in [5.41, 5.74) is 6.42. The number of primary amides is 1. The number of hydrogen-bond acceptors (Lipinski definition) is 5. The van der Waals surface area contributed by atoms with Gasteiger partial charge in [-0.3, -0.25) is 14.4 Å². The van der Waals surface area contributed by atoms with Crippen LogP contribution in [0.2, 0.25) is 0 Å². The molecule has 9 heteroatoms. The van der Waals surface area contributed by atoms with Crippen LogP contribution in [0, 0.1) is 0 Å². The van der Waals surface area contributed by atoms with E-state index in [9.17, 15) is 19.2 Å². The molecule has 0 radical (unpaired) electrons. The van der Waals surface area contributed by atoms with Crippen molar-refractivity contribution in [3.05, 3.63) is 35.4 Å². The maximum atomic E-state index is 13.8. The maximum absolute atomic E-state index is 13.8. The zero-order valence-corrected chi connectivity index (χ0v) is 22.3. The number of alkyl carbamates (subject to hydrolysis) is 1. The summed E-state index contributed by atoms with van der Waals surface area (Å²) < 4.78 is 5.30. The van der Waals surface area contributed by atoms with Crippen molar-refractivity contribution in [3.8, 4) is 0 Å². The topological polar surface area (TPSA) is 131 Å². The highest BCUT2D eigenvalue weighted by molar-refractivity contribution is 5.94. The zero-order valence-electron chi connectivity index (χ0n) is 22.3. The molecule has 2 atom stereocenters. The van der Waals surface area contributed by atoms with Crippen LogP contribution in [0.4, 0.5) is 4.79 Å². The first-order valence-corrected chi connectivity index (χ1v) is 12.9. The van der Waals surface area contributed by atoms with E-state index in [0.717, 1.165) is 44.1 Å². The van der Waals surface area contributed by atoms with Gasteiger partial charge in [0.25, 0.3) is 0 Å². The van der Waals surface area contributed by atoms with Crippen LogP contribution < -0.4 is 16.4 Å². The van der Waals surface area contributed by atoms with Crippen molar-refractivity contribution in [2.45, 2.75) is 103 Å². The van der Waals surface area contributed by atoms with E-state index in [-0.39, 0.29) is 11.9 Å². The van der Waals surface area contributed by atoms with Gasteiger partial charge in [-0.2, -0.15) is 0 Å². The summed E-state index contributed by atoms with van der Waals surface area (Å²) in [6.07, 6.45) is 3.93. The highest BCUT2D eigenvalue weighted by Gasteiger charge is 2.44. The Balaban J connectivity index is 2.39. The molecule has 4 N–H and O–H groups in total. The van der Waals surface area contributed by atoms with Gasteiger partial charge in [-0.05, 0) is 57.6 Å². The molecule has 36 heavy (non-hydrogen) atoms. The molecule has 0 saturated heterocycles. The van der Waals surface area contributed by atoms with Crippen molar-refractivity contribution in [1.82, 2.24) is 15.5 Å². The van der Waals surface area contributed by atoms with Gasteiger partial charge >= 0.3 is 6.09 Å². The van der Waals surface area contributed by atoms with Crippen LogP contribution in [-0.2, 0) is 25.5 Å². The molecule has 1 aliphatic carbocycles. The maximum Gasteiger partial charge on any atom is 0.408 e. The molecule has 1 fully saturated rings. The molecule has 0 aromatic heterocycles. The Morgan fingerprint density at radius 2 is 1.72 bits per heavy atom. The number of rotatable bonds is 13. The number of unbranched alkanes of at least 4 members (excludes halogenated alkanes) is 2. The van der Waals surface area contributed by atoms with Gasteiger partial charge < -0.3 is 26.0 Å². The first kappa shape index (κ1) is 29.1. The SMILES string of the molecule is CCCCCNC(=O)C(c1ccc(CC)cc1)N(C(=O)C(CC(N)=O)NC(=O)OC(C)(C)C)C1CC1. The minimum absolute atomic E-state index is 0.175. The fourth-order valence-corrected chi connectivity index (χ4v) is 3.96. The lowest BCUT2D eigenvalue weighted by molar-refractivity contribution is -0.144. The first-order chi connectivity index (χ1) is 17.0. The van der Waals surface area contributed by atoms with E-state index < -0.39 is 42.0 Å². The van der Waals surface area contributed by atoms with E-state index in [4.69, 9.17) is 10.5 Å². The second-order valence-corrected chi connectivity index (χ2v) is 10.3. The van der Waals surface area contributed by atoms with Crippen LogP contribution >= 0.6 is 0 Å². The fraction of sp³-hybridized carbons (Fsp3) is 0.630. The van der Waals surface area contributed by atoms with Crippen molar-refractivity contribution >= 4 is 23.8 Å². The van der Waals surface area contributed by atoms with Crippen LogP contribution in [-0.4, -0.2) is 52.9 Å². The molecule has 1 aromatic carbocycles. The fourth-order valence-electron chi connectivity index (χ4n) is 3.96. The summed E-state index contributed by atoms with van der Waals surface area (Å²) in [4.78, 5) is 53.1. The molecule has 0 aliphatic heterocycles. The third-order valence-corrected chi connectivity index (χ3v) is 5.90. The molecule has 1 aliphatic rings. The zero-order chi connectivity index (χ0) is 26.9. The molecule has 4 amide bonds. The molecule has 0 heterocycles. The minimum atomic E-state index is -1.25. The van der Waals surface area contributed by atoms with E-state index >= 15 is 0 Å². The number of amides is 4. The van der Waals surface area contributed by atoms with Crippen LogP contribution in [0.25, 0.3) is 0 Å². The van der Waals surface area contributed by atoms with Gasteiger partial charge in [0, 0.05) is 12.6 Å². The van der Waals surface area contributed by atoms with Gasteiger partial charge in [-0.15, -0.1) is 0 Å². The summed E-state index contributed by atoms with van der Waals surface area (Å²) in [5.74, 6) is -1.56. The van der Waals surface area contributed by atoms with Crippen molar-refractivity contribution in [3.63, 3.8) is 0 Å². The number of hydrogen-bond donors (Lipinski definition) is 3. The van der Waals surface area contributed by atoms with Gasteiger partial charge in [0.1, 0.15) is 17.7 Å². The third kappa shape index (κ3) is 9.17. The van der Waals surface area contributed by atoms with E-state index in [1.807, 2.05) is 31.2 Å². The summed E-state index contributed by atoms with van der Waals surface area (Å²) >= 11 is 0. The molecule has 200 valence electrons. The monoisotopic (exact) mass is 502 g/mol. The normalized spacial score (nSPS) is 14.9. The summed E-state index contributed by atoms with van der Waals surface area (Å²) in [5, 5.41) is 5.48. The van der Waals surface area contributed by atoms with Crippen LogP contribution in [0.3, 0.4) is 0 Å². The molecular formula is C27H42N4O5. The second-order valence-electron chi connectivity index (χ2n) is 10.3. The Kier molecular flexibility index (Phi) is 10.7. The lowest BCUT2D eigenvalue weighted by Crippen LogP contribution is -2.54. The third-order valence-electron chi connectivity index (χ3n) is 5.90. The lowest BCUT2D eigenvalue weighted by Gasteiger charge is -2.34. The van der Waals surface area contributed by atoms with Crippen molar-refractivity contribution in [2.75, 3.05) is 6.54 Å². The van der Waals surface area contributed by atoms with Crippen LogP contribution in [0.15, 0.2) is 24.3 Å². The summed E-state index contributed by atoms with van der Waals surface area (Å²) in [6.45, 7) is 9.74. The molecule has 1 saturated carbocycles. The second kappa shape index (κ2) is 13.3. The highest BCUT2D eigenvalue weighted by atomic mass is 16.6. The molecule has 2 rings (SSSR count). The number of carbonyl (C=O) groups is 4. The van der Waals surface area contributed by atoms with Gasteiger partial charge in [0.2, 0.25) is 17.7 Å². The number of ether oxygens (including phenoxy) is 1. The number of nitrogens with one attached hydrogen (secondary N) is 2. The van der Waals surface area contributed by atoms with Crippen molar-refractivity contribution in [1.29, 1.82) is 0 Å². The smallest absolute Gasteiger partial charge is 0.408 e. The van der Waals surface area contributed by atoms with Crippen molar-refractivity contribution < 1.29 is 23.9 Å². The summed E-state index contributed by atoms with van der Waals surface area (Å²) in [7, 11) is 0. The van der Waals surface area contributed by atoms with Gasteiger partial charge in [0.15, 0.2) is 0 Å². The average molecular weight is 503 g/mol. The summed E-state index contributed by atoms with van der Waals surface area (Å²) in [6, 6.07) is 5.30. The van der Waals surface area contributed by atoms with Crippen molar-refractivity contribution in [2.24, 2.45) is 5.73 Å². The number of benzene rings is 1. The number of nitrogens with zero attached hydrogens (tertiary/aromatic N) is 1. The number of nitrogens with two attached hydrogens (primary N) is 1. The lowest BCUT2D eigenvalue weighted by atomic mass is 9.99. The Hall–Kier alpha value is -3.10. The molecule has 0 bridgehead atoms. The van der Waals surface area contributed by atoms with Crippen LogP contribution in [0.5, 0.6) is 0 Å². The Morgan fingerprint density at radius 3 is 2.22 bits per heavy atom. The van der Waals surface area contributed by atoms with Gasteiger partial charge in [-0.1, -0.05) is 51.0 Å². The molecule has 0 spiro atoms. The number of carbonyl (C=O) groups excluding carboxylic acids is 4.